The summed E-state index contributed by atoms with van der Waals surface area (Å²) in [5.41, 5.74) is 3.15. The van der Waals surface area contributed by atoms with Crippen molar-refractivity contribution < 1.29 is 19.0 Å². The van der Waals surface area contributed by atoms with Crippen molar-refractivity contribution in [3.63, 3.8) is 0 Å². The van der Waals surface area contributed by atoms with Crippen LogP contribution < -0.4 is 10.1 Å². The predicted octanol–water partition coefficient (Wildman–Crippen LogP) is 5.60. The molecule has 0 amide bonds. The first-order valence-corrected chi connectivity index (χ1v) is 11.0. The molecule has 0 saturated heterocycles. The summed E-state index contributed by atoms with van der Waals surface area (Å²) in [6, 6.07) is 21.8. The smallest absolute Gasteiger partial charge is 0.352 e. The molecule has 0 bridgehead atoms. The van der Waals surface area contributed by atoms with Gasteiger partial charge in [-0.3, -0.25) is 0 Å². The van der Waals surface area contributed by atoms with Gasteiger partial charge in [-0.05, 0) is 43.7 Å². The van der Waals surface area contributed by atoms with Gasteiger partial charge >= 0.3 is 5.97 Å². The Morgan fingerprint density at radius 1 is 1.00 bits per heavy atom. The number of benzene rings is 3. The van der Waals surface area contributed by atoms with E-state index >= 15 is 0 Å². The summed E-state index contributed by atoms with van der Waals surface area (Å²) >= 11 is 0. The molecule has 1 heterocycles. The van der Waals surface area contributed by atoms with Gasteiger partial charge in [-0.1, -0.05) is 48.5 Å². The molecule has 0 saturated carbocycles. The van der Waals surface area contributed by atoms with E-state index in [1.54, 1.807) is 22.8 Å². The average molecular weight is 447 g/mol. The van der Waals surface area contributed by atoms with Crippen LogP contribution in [0.15, 0.2) is 72.8 Å². The number of hydrogen-bond acceptors (Lipinski definition) is 3. The summed E-state index contributed by atoms with van der Waals surface area (Å²) in [6.45, 7) is 5.06. The first-order valence-electron chi connectivity index (χ1n) is 11.0. The van der Waals surface area contributed by atoms with Crippen LogP contribution in [0.3, 0.4) is 0 Å². The number of ether oxygens (including phenoxy) is 1. The van der Waals surface area contributed by atoms with Crippen LogP contribution in [-0.4, -0.2) is 21.7 Å². The lowest BCUT2D eigenvalue weighted by atomic mass is 10.1. The third-order valence-corrected chi connectivity index (χ3v) is 5.49. The molecule has 0 fully saturated rings. The number of carbonyl (C=O) groups is 1. The van der Waals surface area contributed by atoms with Gasteiger partial charge in [0.25, 0.3) is 0 Å². The van der Waals surface area contributed by atoms with E-state index in [4.69, 9.17) is 4.74 Å². The highest BCUT2D eigenvalue weighted by Gasteiger charge is 2.22. The largest absolute Gasteiger partial charge is 0.491 e. The Labute approximate surface area is 192 Å². The molecule has 4 rings (SSSR count). The minimum atomic E-state index is -1.03. The molecule has 0 aliphatic carbocycles. The Kier molecular flexibility index (Phi) is 6.75. The molecule has 0 aliphatic heterocycles. The van der Waals surface area contributed by atoms with Gasteiger partial charge in [0, 0.05) is 35.1 Å². The number of rotatable bonds is 9. The van der Waals surface area contributed by atoms with Crippen LogP contribution in [0.5, 0.6) is 5.75 Å². The van der Waals surface area contributed by atoms with Crippen LogP contribution in [0.25, 0.3) is 10.9 Å². The molecule has 4 aromatic rings. The van der Waals surface area contributed by atoms with E-state index < -0.39 is 5.97 Å². The molecule has 0 unspecified atom stereocenters. The highest BCUT2D eigenvalue weighted by Crippen LogP contribution is 2.28. The Morgan fingerprint density at radius 2 is 1.70 bits per heavy atom. The predicted molar refractivity (Wildman–Crippen MR) is 127 cm³/mol. The summed E-state index contributed by atoms with van der Waals surface area (Å²) in [7, 11) is 0. The molecule has 170 valence electrons. The maximum atomic E-state index is 14.3. The Morgan fingerprint density at radius 3 is 2.39 bits per heavy atom. The molecule has 3 aromatic carbocycles. The summed E-state index contributed by atoms with van der Waals surface area (Å²) in [5.74, 6) is -0.566. The second-order valence-corrected chi connectivity index (χ2v) is 8.24. The molecular weight excluding hydrogens is 419 g/mol. The van der Waals surface area contributed by atoms with Crippen molar-refractivity contribution in [2.45, 2.75) is 39.6 Å². The topological polar surface area (TPSA) is 63.5 Å². The third-order valence-electron chi connectivity index (χ3n) is 5.49. The average Bonchev–Trinajstić information content (AvgIpc) is 3.10. The molecule has 0 spiro atoms. The van der Waals surface area contributed by atoms with E-state index in [0.29, 0.717) is 24.2 Å². The number of nitrogens with zero attached hydrogens (tertiary/aromatic N) is 1. The molecule has 33 heavy (non-hydrogen) atoms. The third kappa shape index (κ3) is 5.07. The Hall–Kier alpha value is -3.64. The SMILES string of the molecule is CC(C)Oc1ccc(CNCc2c(C(=O)O)n(Cc3ccccc3F)c3ccccc23)cc1. The monoisotopic (exact) mass is 446 g/mol. The molecule has 5 nitrogen and oxygen atoms in total. The summed E-state index contributed by atoms with van der Waals surface area (Å²) in [4.78, 5) is 12.3. The molecule has 1 aromatic heterocycles. The molecular formula is C27H27FN2O3. The van der Waals surface area contributed by atoms with Crippen molar-refractivity contribution in [2.75, 3.05) is 0 Å². The normalized spacial score (nSPS) is 11.3. The molecule has 0 aliphatic rings. The van der Waals surface area contributed by atoms with Gasteiger partial charge < -0.3 is 19.7 Å². The minimum absolute atomic E-state index is 0.116. The standard InChI is InChI=1S/C27H27FN2O3/c1-18(2)33-21-13-11-19(12-14-21)15-29-16-23-22-8-4-6-10-25(22)30(26(23)27(31)32)17-20-7-3-5-9-24(20)28/h3-14,18,29H,15-17H2,1-2H3,(H,31,32). The maximum Gasteiger partial charge on any atom is 0.352 e. The number of carboxylic acid groups (broad SMARTS) is 1. The fourth-order valence-corrected chi connectivity index (χ4v) is 4.05. The zero-order valence-corrected chi connectivity index (χ0v) is 18.7. The van der Waals surface area contributed by atoms with Crippen LogP contribution in [0.4, 0.5) is 4.39 Å². The van der Waals surface area contributed by atoms with E-state index in [-0.39, 0.29) is 24.2 Å². The summed E-state index contributed by atoms with van der Waals surface area (Å²) < 4.78 is 21.7. The van der Waals surface area contributed by atoms with Gasteiger partial charge in [0.1, 0.15) is 17.3 Å². The molecule has 2 N–H and O–H groups in total. The van der Waals surface area contributed by atoms with Crippen molar-refractivity contribution in [1.82, 2.24) is 9.88 Å². The maximum absolute atomic E-state index is 14.3. The summed E-state index contributed by atoms with van der Waals surface area (Å²) in [6.07, 6.45) is 0.116. The summed E-state index contributed by atoms with van der Waals surface area (Å²) in [5, 5.41) is 14.3. The van der Waals surface area contributed by atoms with Crippen molar-refractivity contribution in [1.29, 1.82) is 0 Å². The Bertz CT molecular complexity index is 1260. The number of nitrogens with one attached hydrogen (secondary N) is 1. The number of carboxylic acids is 1. The number of aromatic carboxylic acids is 1. The number of fused-ring (bicyclic) bond motifs is 1. The van der Waals surface area contributed by atoms with Crippen molar-refractivity contribution in [3.05, 3.63) is 101 Å². The zero-order chi connectivity index (χ0) is 23.4. The number of para-hydroxylation sites is 1. The van der Waals surface area contributed by atoms with E-state index in [1.807, 2.05) is 62.4 Å². The van der Waals surface area contributed by atoms with Crippen LogP contribution >= 0.6 is 0 Å². The van der Waals surface area contributed by atoms with Gasteiger partial charge in [0.15, 0.2) is 0 Å². The van der Waals surface area contributed by atoms with Crippen LogP contribution in [0.2, 0.25) is 0 Å². The van der Waals surface area contributed by atoms with Crippen molar-refractivity contribution in [2.24, 2.45) is 0 Å². The van der Waals surface area contributed by atoms with Gasteiger partial charge in [-0.2, -0.15) is 0 Å². The number of aromatic nitrogens is 1. The fraction of sp³-hybridized carbons (Fsp3) is 0.222. The van der Waals surface area contributed by atoms with Gasteiger partial charge in [-0.15, -0.1) is 0 Å². The lowest BCUT2D eigenvalue weighted by Gasteiger charge is -2.11. The van der Waals surface area contributed by atoms with Crippen molar-refractivity contribution >= 4 is 16.9 Å². The van der Waals surface area contributed by atoms with Gasteiger partial charge in [0.05, 0.1) is 12.6 Å². The second-order valence-electron chi connectivity index (χ2n) is 8.24. The highest BCUT2D eigenvalue weighted by molar-refractivity contribution is 5.98. The van der Waals surface area contributed by atoms with Crippen LogP contribution in [-0.2, 0) is 19.6 Å². The van der Waals surface area contributed by atoms with Crippen LogP contribution in [0, 0.1) is 5.82 Å². The highest BCUT2D eigenvalue weighted by atomic mass is 19.1. The molecule has 0 atom stereocenters. The van der Waals surface area contributed by atoms with E-state index in [1.165, 1.54) is 6.07 Å². The van der Waals surface area contributed by atoms with Crippen LogP contribution in [0.1, 0.15) is 41.0 Å². The number of halogens is 1. The second kappa shape index (κ2) is 9.88. The quantitative estimate of drug-likeness (QED) is 0.351. The van der Waals surface area contributed by atoms with E-state index in [0.717, 1.165) is 22.2 Å². The molecule has 0 radical (unpaired) electrons. The molecule has 6 heteroatoms. The lowest BCUT2D eigenvalue weighted by molar-refractivity contribution is 0.0684. The zero-order valence-electron chi connectivity index (χ0n) is 18.7. The Balaban J connectivity index is 1.60. The van der Waals surface area contributed by atoms with E-state index in [2.05, 4.69) is 5.32 Å². The minimum Gasteiger partial charge on any atom is -0.491 e. The van der Waals surface area contributed by atoms with Crippen molar-refractivity contribution in [3.8, 4) is 5.75 Å². The lowest BCUT2D eigenvalue weighted by Crippen LogP contribution is -2.17. The fourth-order valence-electron chi connectivity index (χ4n) is 4.05. The number of hydrogen-bond donors (Lipinski definition) is 2. The van der Waals surface area contributed by atoms with Gasteiger partial charge in [-0.25, -0.2) is 9.18 Å². The first kappa shape index (κ1) is 22.6. The van der Waals surface area contributed by atoms with Gasteiger partial charge in [0.2, 0.25) is 0 Å². The van der Waals surface area contributed by atoms with E-state index in [9.17, 15) is 14.3 Å². The first-order chi connectivity index (χ1) is 15.9.